The Morgan fingerprint density at radius 2 is 2.03 bits per heavy atom. The number of nitrogens with zero attached hydrogens (tertiary/aromatic N) is 4. The molecule has 13 nitrogen and oxygen atoms in total. The number of alkyl halides is 2. The molecule has 1 aliphatic rings. The summed E-state index contributed by atoms with van der Waals surface area (Å²) in [5.41, 5.74) is 11.7. The summed E-state index contributed by atoms with van der Waals surface area (Å²) in [5.74, 6) is -0.411. The normalized spacial score (nSPS) is 25.5. The minimum absolute atomic E-state index is 0.0244. The number of aromatic nitrogens is 4. The number of fused-ring (bicyclic) bond motifs is 1. The van der Waals surface area contributed by atoms with E-state index >= 15 is 4.39 Å². The Hall–Kier alpha value is -2.65. The van der Waals surface area contributed by atoms with Gasteiger partial charge in [0.1, 0.15) is 29.5 Å². The lowest BCUT2D eigenvalue weighted by Gasteiger charge is -2.28. The molecule has 39 heavy (non-hydrogen) atoms. The van der Waals surface area contributed by atoms with E-state index in [4.69, 9.17) is 53.4 Å². The van der Waals surface area contributed by atoms with Gasteiger partial charge in [-0.1, -0.05) is 29.8 Å². The Morgan fingerprint density at radius 1 is 1.33 bits per heavy atom. The number of halogens is 2. The Kier molecular flexibility index (Phi) is 8.61. The van der Waals surface area contributed by atoms with E-state index in [0.717, 1.165) is 4.57 Å². The number of imidazole rings is 1. The summed E-state index contributed by atoms with van der Waals surface area (Å²) in [5, 5.41) is 10.8. The van der Waals surface area contributed by atoms with E-state index in [1.807, 2.05) is 0 Å². The van der Waals surface area contributed by atoms with E-state index in [9.17, 15) is 9.90 Å². The Balaban J connectivity index is 1.55. The molecular formula is C22H28ClFN7O6PS. The minimum atomic E-state index is -3.49. The number of carbonyl (C=O) groups is 1. The summed E-state index contributed by atoms with van der Waals surface area (Å²) in [4.78, 5) is 24.4. The second kappa shape index (κ2) is 11.5. The number of aliphatic hydroxyl groups is 1. The molecular weight excluding hydrogens is 576 g/mol. The fourth-order valence-electron chi connectivity index (χ4n) is 3.74. The van der Waals surface area contributed by atoms with Crippen LogP contribution in [-0.4, -0.2) is 66.7 Å². The van der Waals surface area contributed by atoms with Gasteiger partial charge in [-0.3, -0.25) is 9.36 Å². The summed E-state index contributed by atoms with van der Waals surface area (Å²) < 4.78 is 39.6. The van der Waals surface area contributed by atoms with Crippen LogP contribution < -0.4 is 21.1 Å². The molecule has 1 fully saturated rings. The molecule has 6 atom stereocenters. The summed E-state index contributed by atoms with van der Waals surface area (Å²) in [6, 6.07) is 7.62. The van der Waals surface area contributed by atoms with E-state index in [2.05, 4.69) is 20.0 Å². The molecule has 0 radical (unpaired) electrons. The van der Waals surface area contributed by atoms with Gasteiger partial charge in [0.2, 0.25) is 5.95 Å². The number of ether oxygens (including phenoxy) is 2. The number of anilines is 2. The van der Waals surface area contributed by atoms with Gasteiger partial charge in [0.15, 0.2) is 17.7 Å². The van der Waals surface area contributed by atoms with Crippen molar-refractivity contribution in [2.24, 2.45) is 0 Å². The largest absolute Gasteiger partial charge is 0.462 e. The SMILES string of the molecule is CC(C)OC(=O)[C@H](C)N[P@](=S)(OC[C@H]1O[C@@H](n2cnc3c(N)nc(N)nc32)[C@@](F)(Cl)[C@@H]1O)Oc1ccccc1. The van der Waals surface area contributed by atoms with Gasteiger partial charge >= 0.3 is 12.6 Å². The standard InChI is InChI=1S/C22H28ClFN7O6PS/c1-11(2)35-19(33)12(3)30-38(39,37-13-7-5-4-6-8-13)34-9-14-16(32)22(23,24)20(36-14)31-10-27-15-17(25)28-21(26)29-18(15)31/h4-8,10-12,14,16,20,32H,9H2,1-3H3,(H,30,39)(H4,25,26,28,29)/t12-,14+,16+,20+,22+,38-/m0/s1. The number of rotatable bonds is 10. The zero-order valence-electron chi connectivity index (χ0n) is 21.1. The topological polar surface area (TPSA) is 182 Å². The van der Waals surface area contributed by atoms with Crippen molar-refractivity contribution in [3.63, 3.8) is 0 Å². The predicted molar refractivity (Wildman–Crippen MR) is 145 cm³/mol. The first kappa shape index (κ1) is 29.3. The molecule has 1 aliphatic heterocycles. The van der Waals surface area contributed by atoms with Gasteiger partial charge in [0, 0.05) is 0 Å². The lowest BCUT2D eigenvalue weighted by Crippen LogP contribution is -2.40. The first-order valence-electron chi connectivity index (χ1n) is 11.7. The average Bonchev–Trinajstić information content (AvgIpc) is 3.36. The summed E-state index contributed by atoms with van der Waals surface area (Å²) in [6.07, 6.45) is -3.94. The van der Waals surface area contributed by atoms with Crippen LogP contribution in [0.2, 0.25) is 0 Å². The minimum Gasteiger partial charge on any atom is -0.462 e. The Labute approximate surface area is 233 Å². The number of carbonyl (C=O) groups excluding carboxylic acids is 1. The summed E-state index contributed by atoms with van der Waals surface area (Å²) in [7, 11) is 0. The number of nitrogen functional groups attached to an aromatic ring is 2. The predicted octanol–water partition coefficient (Wildman–Crippen LogP) is 2.40. The van der Waals surface area contributed by atoms with Crippen LogP contribution >= 0.6 is 18.2 Å². The van der Waals surface area contributed by atoms with Crippen LogP contribution in [0.4, 0.5) is 16.2 Å². The smallest absolute Gasteiger partial charge is 0.323 e. The molecule has 6 N–H and O–H groups in total. The van der Waals surface area contributed by atoms with Crippen LogP contribution in [0.5, 0.6) is 5.75 Å². The van der Waals surface area contributed by atoms with Crippen LogP contribution in [0.15, 0.2) is 36.7 Å². The summed E-state index contributed by atoms with van der Waals surface area (Å²) in [6.45, 7) is 1.01. The van der Waals surface area contributed by atoms with Crippen LogP contribution in [0.1, 0.15) is 27.0 Å². The molecule has 4 rings (SSSR count). The quantitative estimate of drug-likeness (QED) is 0.151. The highest BCUT2D eigenvalue weighted by Crippen LogP contribution is 2.49. The first-order chi connectivity index (χ1) is 18.3. The van der Waals surface area contributed by atoms with Crippen molar-refractivity contribution >= 4 is 58.9 Å². The molecule has 0 spiro atoms. The Morgan fingerprint density at radius 3 is 2.69 bits per heavy atom. The van der Waals surface area contributed by atoms with Crippen molar-refractivity contribution in [2.75, 3.05) is 18.1 Å². The third-order valence-electron chi connectivity index (χ3n) is 5.53. The van der Waals surface area contributed by atoms with Crippen molar-refractivity contribution in [1.82, 2.24) is 24.6 Å². The van der Waals surface area contributed by atoms with Gasteiger partial charge in [-0.15, -0.1) is 0 Å². The molecule has 0 aliphatic carbocycles. The van der Waals surface area contributed by atoms with Gasteiger partial charge < -0.3 is 35.1 Å². The number of para-hydroxylation sites is 1. The second-order valence-corrected chi connectivity index (χ2v) is 12.7. The maximum Gasteiger partial charge on any atom is 0.323 e. The van der Waals surface area contributed by atoms with Gasteiger partial charge in [-0.25, -0.2) is 14.5 Å². The van der Waals surface area contributed by atoms with E-state index in [0.29, 0.717) is 5.75 Å². The van der Waals surface area contributed by atoms with Crippen LogP contribution in [0.25, 0.3) is 11.2 Å². The molecule has 3 aromatic rings. The highest BCUT2D eigenvalue weighted by atomic mass is 35.5. The molecule has 17 heteroatoms. The van der Waals surface area contributed by atoms with Crippen molar-refractivity contribution < 1.29 is 32.8 Å². The molecule has 1 saturated heterocycles. The second-order valence-electron chi connectivity index (χ2n) is 8.97. The maximum atomic E-state index is 15.7. The lowest BCUT2D eigenvalue weighted by molar-refractivity contribution is -0.149. The number of hydrogen-bond donors (Lipinski definition) is 4. The van der Waals surface area contributed by atoms with Crippen molar-refractivity contribution in [3.05, 3.63) is 36.7 Å². The van der Waals surface area contributed by atoms with Gasteiger partial charge in [0.25, 0.3) is 5.13 Å². The number of hydrogen-bond acceptors (Lipinski definition) is 12. The van der Waals surface area contributed by atoms with Gasteiger partial charge in [0.05, 0.1) is 19.0 Å². The van der Waals surface area contributed by atoms with Crippen molar-refractivity contribution in [2.45, 2.75) is 56.5 Å². The monoisotopic (exact) mass is 603 g/mol. The van der Waals surface area contributed by atoms with Crippen LogP contribution in [0.3, 0.4) is 0 Å². The molecule has 2 aromatic heterocycles. The number of aliphatic hydroxyl groups excluding tert-OH is 1. The number of esters is 1. The van der Waals surface area contributed by atoms with Crippen LogP contribution in [0, 0.1) is 0 Å². The van der Waals surface area contributed by atoms with Crippen LogP contribution in [-0.2, 0) is 30.6 Å². The van der Waals surface area contributed by atoms with E-state index in [1.54, 1.807) is 44.2 Å². The highest BCUT2D eigenvalue weighted by molar-refractivity contribution is 8.09. The van der Waals surface area contributed by atoms with Gasteiger partial charge in [-0.2, -0.15) is 9.97 Å². The fourth-order valence-corrected chi connectivity index (χ4v) is 6.45. The molecule has 3 heterocycles. The van der Waals surface area contributed by atoms with E-state index in [1.165, 1.54) is 13.3 Å². The Bertz CT molecular complexity index is 1380. The molecule has 0 amide bonds. The molecule has 0 saturated carbocycles. The fraction of sp³-hybridized carbons (Fsp3) is 0.455. The molecule has 212 valence electrons. The number of benzene rings is 1. The molecule has 0 bridgehead atoms. The summed E-state index contributed by atoms with van der Waals surface area (Å²) >= 11 is 11.8. The number of nitrogens with two attached hydrogens (primary N) is 2. The van der Waals surface area contributed by atoms with Crippen molar-refractivity contribution in [1.29, 1.82) is 0 Å². The van der Waals surface area contributed by atoms with Crippen molar-refractivity contribution in [3.8, 4) is 5.75 Å². The van der Waals surface area contributed by atoms with E-state index < -0.39 is 48.8 Å². The molecule has 0 unspecified atom stereocenters. The molecule has 1 aromatic carbocycles. The average molecular weight is 604 g/mol. The third kappa shape index (κ3) is 6.40. The highest BCUT2D eigenvalue weighted by Gasteiger charge is 2.58. The third-order valence-corrected chi connectivity index (χ3v) is 8.44. The zero-order valence-corrected chi connectivity index (χ0v) is 23.6. The maximum absolute atomic E-state index is 15.7. The van der Waals surface area contributed by atoms with E-state index in [-0.39, 0.29) is 29.0 Å². The zero-order chi connectivity index (χ0) is 28.5. The van der Waals surface area contributed by atoms with Gasteiger partial charge in [-0.05, 0) is 44.7 Å². The first-order valence-corrected chi connectivity index (χ1v) is 14.8. The number of nitrogens with one attached hydrogen (secondary N) is 1. The lowest BCUT2D eigenvalue weighted by atomic mass is 10.1.